The van der Waals surface area contributed by atoms with Crippen molar-refractivity contribution in [2.24, 2.45) is 0 Å². The molecule has 0 aromatic heterocycles. The van der Waals surface area contributed by atoms with Gasteiger partial charge < -0.3 is 9.84 Å². The number of hydrogen-bond acceptors (Lipinski definition) is 2. The molecule has 0 spiro atoms. The van der Waals surface area contributed by atoms with Crippen molar-refractivity contribution < 1.29 is 14.2 Å². The molecule has 0 aliphatic rings. The van der Waals surface area contributed by atoms with E-state index in [0.717, 1.165) is 21.2 Å². The van der Waals surface area contributed by atoms with Crippen molar-refractivity contribution in [2.75, 3.05) is 7.11 Å². The second kappa shape index (κ2) is 6.16. The summed E-state index contributed by atoms with van der Waals surface area (Å²) in [6, 6.07) is 6.38. The van der Waals surface area contributed by atoms with Crippen LogP contribution in [0.4, 0.5) is 4.39 Å². The highest BCUT2D eigenvalue weighted by molar-refractivity contribution is 9.10. The first-order valence-corrected chi connectivity index (χ1v) is 7.43. The second-order valence-corrected chi connectivity index (χ2v) is 6.00. The second-order valence-electron chi connectivity index (χ2n) is 5.15. The fourth-order valence-electron chi connectivity index (χ4n) is 2.54. The summed E-state index contributed by atoms with van der Waals surface area (Å²) in [4.78, 5) is 0. The van der Waals surface area contributed by atoms with Gasteiger partial charge in [-0.1, -0.05) is 22.0 Å². The molecule has 0 saturated heterocycles. The maximum absolute atomic E-state index is 13.5. The number of hydrogen-bond donors (Lipinski definition) is 1. The van der Waals surface area contributed by atoms with Crippen LogP contribution in [0.3, 0.4) is 0 Å². The highest BCUT2D eigenvalue weighted by atomic mass is 79.9. The van der Waals surface area contributed by atoms with Crippen LogP contribution in [0.1, 0.15) is 33.9 Å². The molecule has 2 aromatic carbocycles. The van der Waals surface area contributed by atoms with Crippen molar-refractivity contribution in [3.8, 4) is 5.75 Å². The molecule has 1 N–H and O–H groups in total. The summed E-state index contributed by atoms with van der Waals surface area (Å²) in [5.41, 5.74) is 3.85. The van der Waals surface area contributed by atoms with Crippen LogP contribution < -0.4 is 4.74 Å². The lowest BCUT2D eigenvalue weighted by atomic mass is 9.92. The summed E-state index contributed by atoms with van der Waals surface area (Å²) in [6.07, 6.45) is -0.938. The average molecular weight is 353 g/mol. The molecule has 4 heteroatoms. The Morgan fingerprint density at radius 3 is 2.43 bits per heavy atom. The van der Waals surface area contributed by atoms with E-state index in [1.165, 1.54) is 12.1 Å². The van der Waals surface area contributed by atoms with Crippen LogP contribution in [0.25, 0.3) is 0 Å². The largest absolute Gasteiger partial charge is 0.496 e. The molecule has 0 aliphatic heterocycles. The molecule has 0 saturated carbocycles. The molecule has 0 heterocycles. The van der Waals surface area contributed by atoms with Gasteiger partial charge >= 0.3 is 0 Å². The predicted molar refractivity (Wildman–Crippen MR) is 85.4 cm³/mol. The van der Waals surface area contributed by atoms with Crippen LogP contribution in [0.2, 0.25) is 0 Å². The summed E-state index contributed by atoms with van der Waals surface area (Å²) in [7, 11) is 1.57. The number of halogens is 2. The Hall–Kier alpha value is -1.39. The van der Waals surface area contributed by atoms with Crippen molar-refractivity contribution in [3.05, 3.63) is 62.4 Å². The highest BCUT2D eigenvalue weighted by Crippen LogP contribution is 2.39. The Labute approximate surface area is 132 Å². The van der Waals surface area contributed by atoms with Gasteiger partial charge in [0.1, 0.15) is 17.7 Å². The molecule has 2 rings (SSSR count). The first kappa shape index (κ1) is 16.0. The minimum absolute atomic E-state index is 0.363. The number of benzene rings is 2. The molecular formula is C17H18BrFO2. The monoisotopic (exact) mass is 352 g/mol. The van der Waals surface area contributed by atoms with Crippen LogP contribution >= 0.6 is 15.9 Å². The van der Waals surface area contributed by atoms with E-state index >= 15 is 0 Å². The van der Waals surface area contributed by atoms with Gasteiger partial charge in [0.05, 0.1) is 7.11 Å². The maximum Gasteiger partial charge on any atom is 0.128 e. The Morgan fingerprint density at radius 1 is 1.14 bits per heavy atom. The SMILES string of the molecule is COc1c(C)cc(Br)c(C)c1C(O)c1cc(F)ccc1C. The third kappa shape index (κ3) is 2.97. The van der Waals surface area contributed by atoms with Gasteiger partial charge in [-0.2, -0.15) is 0 Å². The van der Waals surface area contributed by atoms with E-state index in [1.54, 1.807) is 13.2 Å². The number of methoxy groups -OCH3 is 1. The van der Waals surface area contributed by atoms with Crippen LogP contribution in [0.15, 0.2) is 28.7 Å². The number of aryl methyl sites for hydroxylation is 2. The minimum atomic E-state index is -0.938. The van der Waals surface area contributed by atoms with Gasteiger partial charge in [0, 0.05) is 10.0 Å². The standard InChI is InChI=1S/C17H18BrFO2/c1-9-5-6-12(19)8-13(9)16(20)15-11(3)14(18)7-10(2)17(15)21-4/h5-8,16,20H,1-4H3. The van der Waals surface area contributed by atoms with Gasteiger partial charge in [-0.25, -0.2) is 4.39 Å². The first-order chi connectivity index (χ1) is 9.86. The molecule has 2 nitrogen and oxygen atoms in total. The molecule has 1 atom stereocenters. The van der Waals surface area contributed by atoms with Crippen molar-refractivity contribution in [1.82, 2.24) is 0 Å². The van der Waals surface area contributed by atoms with Gasteiger partial charge in [-0.3, -0.25) is 0 Å². The maximum atomic E-state index is 13.5. The highest BCUT2D eigenvalue weighted by Gasteiger charge is 2.23. The van der Waals surface area contributed by atoms with Crippen LogP contribution in [-0.4, -0.2) is 12.2 Å². The predicted octanol–water partition coefficient (Wildman–Crippen LogP) is 4.60. The summed E-state index contributed by atoms with van der Waals surface area (Å²) >= 11 is 3.49. The van der Waals surface area contributed by atoms with Gasteiger partial charge in [-0.05, 0) is 61.2 Å². The summed E-state index contributed by atoms with van der Waals surface area (Å²) < 4.78 is 19.9. The quantitative estimate of drug-likeness (QED) is 0.874. The van der Waals surface area contributed by atoms with Crippen molar-refractivity contribution in [3.63, 3.8) is 0 Å². The lowest BCUT2D eigenvalue weighted by Crippen LogP contribution is -2.08. The van der Waals surface area contributed by atoms with Crippen molar-refractivity contribution >= 4 is 15.9 Å². The molecule has 0 amide bonds. The average Bonchev–Trinajstić information content (AvgIpc) is 2.44. The van der Waals surface area contributed by atoms with E-state index < -0.39 is 6.10 Å². The Bertz CT molecular complexity index is 683. The number of ether oxygens (including phenoxy) is 1. The Morgan fingerprint density at radius 2 is 1.81 bits per heavy atom. The van der Waals surface area contributed by atoms with E-state index in [2.05, 4.69) is 15.9 Å². The van der Waals surface area contributed by atoms with Crippen LogP contribution in [0, 0.1) is 26.6 Å². The molecule has 0 aliphatic carbocycles. The van der Waals surface area contributed by atoms with Gasteiger partial charge in [0.2, 0.25) is 0 Å². The lowest BCUT2D eigenvalue weighted by molar-refractivity contribution is 0.212. The summed E-state index contributed by atoms with van der Waals surface area (Å²) in [6.45, 7) is 5.67. The topological polar surface area (TPSA) is 29.5 Å². The van der Waals surface area contributed by atoms with Gasteiger partial charge in [0.15, 0.2) is 0 Å². The van der Waals surface area contributed by atoms with E-state index in [-0.39, 0.29) is 5.82 Å². The lowest BCUT2D eigenvalue weighted by Gasteiger charge is -2.22. The summed E-state index contributed by atoms with van der Waals surface area (Å²) in [5, 5.41) is 10.8. The van der Waals surface area contributed by atoms with Crippen LogP contribution in [0.5, 0.6) is 5.75 Å². The Balaban J connectivity index is 2.68. The molecule has 112 valence electrons. The smallest absolute Gasteiger partial charge is 0.128 e. The molecule has 0 bridgehead atoms. The fourth-order valence-corrected chi connectivity index (χ4v) is 3.09. The zero-order chi connectivity index (χ0) is 15.7. The van der Waals surface area contributed by atoms with Crippen LogP contribution in [-0.2, 0) is 0 Å². The van der Waals surface area contributed by atoms with Gasteiger partial charge in [0.25, 0.3) is 0 Å². The first-order valence-electron chi connectivity index (χ1n) is 6.64. The van der Waals surface area contributed by atoms with Gasteiger partial charge in [-0.15, -0.1) is 0 Å². The molecule has 0 radical (unpaired) electrons. The number of aliphatic hydroxyl groups excluding tert-OH is 1. The van der Waals surface area contributed by atoms with E-state index in [4.69, 9.17) is 4.74 Å². The molecular weight excluding hydrogens is 335 g/mol. The van der Waals surface area contributed by atoms with Crippen molar-refractivity contribution in [2.45, 2.75) is 26.9 Å². The zero-order valence-electron chi connectivity index (χ0n) is 12.5. The van der Waals surface area contributed by atoms with E-state index in [0.29, 0.717) is 16.9 Å². The van der Waals surface area contributed by atoms with E-state index in [9.17, 15) is 9.50 Å². The normalized spacial score (nSPS) is 12.3. The number of rotatable bonds is 3. The van der Waals surface area contributed by atoms with E-state index in [1.807, 2.05) is 26.8 Å². The zero-order valence-corrected chi connectivity index (χ0v) is 14.1. The third-order valence-corrected chi connectivity index (χ3v) is 4.55. The fraction of sp³-hybridized carbons (Fsp3) is 0.294. The number of aliphatic hydroxyl groups is 1. The summed E-state index contributed by atoms with van der Waals surface area (Å²) in [5.74, 6) is 0.268. The van der Waals surface area contributed by atoms with Crippen molar-refractivity contribution in [1.29, 1.82) is 0 Å². The minimum Gasteiger partial charge on any atom is -0.496 e. The molecule has 0 fully saturated rings. The third-order valence-electron chi connectivity index (χ3n) is 3.72. The molecule has 1 unspecified atom stereocenters. The molecule has 2 aromatic rings. The Kier molecular flexibility index (Phi) is 4.69. The molecule has 21 heavy (non-hydrogen) atoms.